The van der Waals surface area contributed by atoms with Crippen LogP contribution >= 0.6 is 0 Å². The number of ether oxygens (including phenoxy) is 1. The maximum absolute atomic E-state index is 8.69. The van der Waals surface area contributed by atoms with Crippen LogP contribution in [0.25, 0.3) is 0 Å². The van der Waals surface area contributed by atoms with Crippen LogP contribution in [-0.4, -0.2) is 31.6 Å². The Hall–Kier alpha value is -1.01. The Labute approximate surface area is 79.6 Å². The second kappa shape index (κ2) is 4.88. The molecule has 1 saturated heterocycles. The van der Waals surface area contributed by atoms with Crippen molar-refractivity contribution >= 4 is 0 Å². The monoisotopic (exact) mass is 180 g/mol. The van der Waals surface area contributed by atoms with E-state index in [1.165, 1.54) is 0 Å². The number of nitrogens with zero attached hydrogens (tertiary/aromatic N) is 2. The Balaban J connectivity index is 2.26. The van der Waals surface area contributed by atoms with Crippen LogP contribution in [0.1, 0.15) is 12.8 Å². The topological polar surface area (TPSA) is 36.3 Å². The lowest BCUT2D eigenvalue weighted by atomic mass is 9.99. The Morgan fingerprint density at radius 1 is 1.62 bits per heavy atom. The molecule has 0 unspecified atom stereocenters. The molecule has 3 nitrogen and oxygen atoms in total. The predicted molar refractivity (Wildman–Crippen MR) is 50.9 cm³/mol. The van der Waals surface area contributed by atoms with E-state index in [1.807, 2.05) is 0 Å². The Bertz CT molecular complexity index is 211. The average Bonchev–Trinajstić information content (AvgIpc) is 2.19. The molecular formula is C10H16N2O. The fourth-order valence-corrected chi connectivity index (χ4v) is 1.53. The quantitative estimate of drug-likeness (QED) is 0.616. The van der Waals surface area contributed by atoms with Gasteiger partial charge in [0, 0.05) is 5.92 Å². The molecule has 0 aromatic heterocycles. The van der Waals surface area contributed by atoms with Gasteiger partial charge in [0.2, 0.25) is 0 Å². The smallest absolute Gasteiger partial charge is 0.102 e. The number of methoxy groups -OCH3 is 1. The highest BCUT2D eigenvalue weighted by molar-refractivity contribution is 4.91. The van der Waals surface area contributed by atoms with Crippen LogP contribution in [-0.2, 0) is 4.74 Å². The minimum absolute atomic E-state index is 0.257. The summed E-state index contributed by atoms with van der Waals surface area (Å²) in [5.74, 6) is 1.06. The number of piperidine rings is 1. The first kappa shape index (κ1) is 10.1. The third-order valence-electron chi connectivity index (χ3n) is 2.46. The first-order valence-corrected chi connectivity index (χ1v) is 4.60. The summed E-state index contributed by atoms with van der Waals surface area (Å²) < 4.78 is 5.00. The third kappa shape index (κ3) is 3.08. The standard InChI is InChI=1S/C10H16N2O/c1-9(13-2)8-12-5-3-10(7-11)4-6-12/h10H,1,3-6,8H2,2H3. The van der Waals surface area contributed by atoms with Gasteiger partial charge in [-0.15, -0.1) is 0 Å². The number of rotatable bonds is 3. The van der Waals surface area contributed by atoms with E-state index in [9.17, 15) is 0 Å². The van der Waals surface area contributed by atoms with Crippen LogP contribution in [0.15, 0.2) is 12.3 Å². The summed E-state index contributed by atoms with van der Waals surface area (Å²) >= 11 is 0. The summed E-state index contributed by atoms with van der Waals surface area (Å²) in [4.78, 5) is 2.28. The molecule has 1 rings (SSSR count). The molecule has 3 heteroatoms. The molecule has 0 aromatic carbocycles. The zero-order chi connectivity index (χ0) is 9.68. The van der Waals surface area contributed by atoms with Gasteiger partial charge < -0.3 is 4.74 Å². The van der Waals surface area contributed by atoms with Crippen molar-refractivity contribution in [3.8, 4) is 6.07 Å². The van der Waals surface area contributed by atoms with Crippen molar-refractivity contribution in [2.45, 2.75) is 12.8 Å². The van der Waals surface area contributed by atoms with Gasteiger partial charge in [-0.25, -0.2) is 0 Å². The van der Waals surface area contributed by atoms with Crippen LogP contribution < -0.4 is 0 Å². The van der Waals surface area contributed by atoms with Crippen molar-refractivity contribution in [2.75, 3.05) is 26.7 Å². The molecule has 1 heterocycles. The lowest BCUT2D eigenvalue weighted by molar-refractivity contribution is 0.178. The van der Waals surface area contributed by atoms with E-state index < -0.39 is 0 Å². The van der Waals surface area contributed by atoms with E-state index in [0.717, 1.165) is 38.2 Å². The Kier molecular flexibility index (Phi) is 3.78. The maximum atomic E-state index is 8.69. The van der Waals surface area contributed by atoms with E-state index in [0.29, 0.717) is 0 Å². The van der Waals surface area contributed by atoms with E-state index in [-0.39, 0.29) is 5.92 Å². The van der Waals surface area contributed by atoms with E-state index >= 15 is 0 Å². The van der Waals surface area contributed by atoms with Crippen LogP contribution in [0.3, 0.4) is 0 Å². The maximum Gasteiger partial charge on any atom is 0.102 e. The lowest BCUT2D eigenvalue weighted by Gasteiger charge is -2.28. The molecule has 0 aromatic rings. The first-order valence-electron chi connectivity index (χ1n) is 4.60. The first-order chi connectivity index (χ1) is 6.26. The molecule has 1 aliphatic heterocycles. The van der Waals surface area contributed by atoms with Gasteiger partial charge in [0.15, 0.2) is 0 Å². The van der Waals surface area contributed by atoms with Gasteiger partial charge in [0.05, 0.1) is 19.7 Å². The largest absolute Gasteiger partial charge is 0.500 e. The molecule has 0 aliphatic carbocycles. The predicted octanol–water partition coefficient (Wildman–Crippen LogP) is 1.38. The molecule has 0 radical (unpaired) electrons. The highest BCUT2D eigenvalue weighted by Crippen LogP contribution is 2.16. The fourth-order valence-electron chi connectivity index (χ4n) is 1.53. The van der Waals surface area contributed by atoms with Crippen molar-refractivity contribution < 1.29 is 4.74 Å². The summed E-state index contributed by atoms with van der Waals surface area (Å²) in [5, 5.41) is 8.69. The van der Waals surface area contributed by atoms with Gasteiger partial charge in [-0.05, 0) is 25.9 Å². The van der Waals surface area contributed by atoms with Gasteiger partial charge in [-0.1, -0.05) is 6.58 Å². The van der Waals surface area contributed by atoms with Crippen molar-refractivity contribution in [1.29, 1.82) is 5.26 Å². The van der Waals surface area contributed by atoms with Gasteiger partial charge in [0.25, 0.3) is 0 Å². The highest BCUT2D eigenvalue weighted by Gasteiger charge is 2.18. The summed E-state index contributed by atoms with van der Waals surface area (Å²) in [6, 6.07) is 2.31. The van der Waals surface area contributed by atoms with Crippen LogP contribution in [0.5, 0.6) is 0 Å². The third-order valence-corrected chi connectivity index (χ3v) is 2.46. The molecule has 13 heavy (non-hydrogen) atoms. The molecule has 0 spiro atoms. The second-order valence-corrected chi connectivity index (χ2v) is 3.42. The second-order valence-electron chi connectivity index (χ2n) is 3.42. The van der Waals surface area contributed by atoms with Crippen LogP contribution in [0.2, 0.25) is 0 Å². The molecule has 1 fully saturated rings. The van der Waals surface area contributed by atoms with E-state index in [1.54, 1.807) is 7.11 Å². The molecule has 0 N–H and O–H groups in total. The zero-order valence-electron chi connectivity index (χ0n) is 8.12. The van der Waals surface area contributed by atoms with Gasteiger partial charge in [-0.3, -0.25) is 4.90 Å². The van der Waals surface area contributed by atoms with Crippen molar-refractivity contribution in [3.63, 3.8) is 0 Å². The zero-order valence-corrected chi connectivity index (χ0v) is 8.12. The minimum atomic E-state index is 0.257. The summed E-state index contributed by atoms with van der Waals surface area (Å²) in [7, 11) is 1.64. The van der Waals surface area contributed by atoms with E-state index in [2.05, 4.69) is 17.5 Å². The van der Waals surface area contributed by atoms with Crippen molar-refractivity contribution in [2.24, 2.45) is 5.92 Å². The molecular weight excluding hydrogens is 164 g/mol. The summed E-state index contributed by atoms with van der Waals surface area (Å²) in [6.07, 6.45) is 1.96. The SMILES string of the molecule is C=C(CN1CCC(C#N)CC1)OC. The highest BCUT2D eigenvalue weighted by atomic mass is 16.5. The molecule has 1 aliphatic rings. The Morgan fingerprint density at radius 3 is 2.69 bits per heavy atom. The van der Waals surface area contributed by atoms with Crippen molar-refractivity contribution in [1.82, 2.24) is 4.90 Å². The summed E-state index contributed by atoms with van der Waals surface area (Å²) in [6.45, 7) is 6.55. The Morgan fingerprint density at radius 2 is 2.23 bits per heavy atom. The van der Waals surface area contributed by atoms with Gasteiger partial charge in [-0.2, -0.15) is 5.26 Å². The molecule has 0 bridgehead atoms. The number of hydrogen-bond donors (Lipinski definition) is 0. The number of likely N-dealkylation sites (tertiary alicyclic amines) is 1. The number of hydrogen-bond acceptors (Lipinski definition) is 3. The van der Waals surface area contributed by atoms with Gasteiger partial charge in [0.1, 0.15) is 5.76 Å². The van der Waals surface area contributed by atoms with Gasteiger partial charge >= 0.3 is 0 Å². The minimum Gasteiger partial charge on any atom is -0.500 e. The fraction of sp³-hybridized carbons (Fsp3) is 0.700. The van der Waals surface area contributed by atoms with E-state index in [4.69, 9.17) is 10.00 Å². The number of nitriles is 1. The molecule has 0 atom stereocenters. The summed E-state index contributed by atoms with van der Waals surface area (Å²) in [5.41, 5.74) is 0. The van der Waals surface area contributed by atoms with Crippen LogP contribution in [0, 0.1) is 17.2 Å². The molecule has 72 valence electrons. The average molecular weight is 180 g/mol. The lowest BCUT2D eigenvalue weighted by Crippen LogP contribution is -2.34. The molecule has 0 saturated carbocycles. The molecule has 0 amide bonds. The van der Waals surface area contributed by atoms with Crippen LogP contribution in [0.4, 0.5) is 0 Å². The van der Waals surface area contributed by atoms with Crippen molar-refractivity contribution in [3.05, 3.63) is 12.3 Å². The normalized spacial score (nSPS) is 19.4.